The van der Waals surface area contributed by atoms with E-state index in [1.54, 1.807) is 12.1 Å². The molecule has 9 heteroatoms. The molecule has 0 amide bonds. The largest absolute Gasteiger partial charge is 0.450 e. The molecule has 1 aromatic carbocycles. The lowest BCUT2D eigenvalue weighted by Crippen LogP contribution is -2.08. The van der Waals surface area contributed by atoms with E-state index in [1.165, 1.54) is 12.1 Å². The van der Waals surface area contributed by atoms with Crippen molar-refractivity contribution in [2.75, 3.05) is 0 Å². The predicted molar refractivity (Wildman–Crippen MR) is 70.1 cm³/mol. The molecule has 0 aliphatic rings. The molecule has 0 N–H and O–H groups in total. The summed E-state index contributed by atoms with van der Waals surface area (Å²) in [7, 11) is 0. The quantitative estimate of drug-likeness (QED) is 0.592. The van der Waals surface area contributed by atoms with Crippen LogP contribution >= 0.6 is 15.9 Å². The van der Waals surface area contributed by atoms with Gasteiger partial charge in [0.1, 0.15) is 17.6 Å². The van der Waals surface area contributed by atoms with Crippen LogP contribution in [0.1, 0.15) is 5.69 Å². The predicted octanol–water partition coefficient (Wildman–Crippen LogP) is 4.56. The molecule has 0 fully saturated rings. The Labute approximate surface area is 124 Å². The Hall–Kier alpha value is -2.16. The fraction of sp³-hybridized carbons (Fsp3) is 0.0833. The van der Waals surface area contributed by atoms with Gasteiger partial charge >= 0.3 is 11.9 Å². The zero-order chi connectivity index (χ0) is 15.6. The summed E-state index contributed by atoms with van der Waals surface area (Å²) in [5, 5.41) is 10.8. The maximum atomic E-state index is 12.6. The number of hydrogen-bond acceptors (Lipinski definition) is 4. The van der Waals surface area contributed by atoms with Crippen molar-refractivity contribution in [3.8, 4) is 11.5 Å². The van der Waals surface area contributed by atoms with Gasteiger partial charge in [-0.15, -0.1) is 0 Å². The number of rotatable bonds is 3. The van der Waals surface area contributed by atoms with Gasteiger partial charge in [0.15, 0.2) is 0 Å². The van der Waals surface area contributed by atoms with E-state index in [1.807, 2.05) is 0 Å². The lowest BCUT2D eigenvalue weighted by atomic mass is 10.3. The molecule has 0 bridgehead atoms. The second-order valence-corrected chi connectivity index (χ2v) is 4.76. The molecule has 21 heavy (non-hydrogen) atoms. The molecular formula is C12H6BrF3N2O3. The summed E-state index contributed by atoms with van der Waals surface area (Å²) in [5.41, 5.74) is -1.91. The summed E-state index contributed by atoms with van der Waals surface area (Å²) >= 11 is 3.18. The minimum atomic E-state index is -4.72. The van der Waals surface area contributed by atoms with Gasteiger partial charge in [-0.25, -0.2) is 4.98 Å². The summed E-state index contributed by atoms with van der Waals surface area (Å²) in [5.74, 6) is -0.356. The third-order valence-corrected chi connectivity index (χ3v) is 2.90. The van der Waals surface area contributed by atoms with Crippen molar-refractivity contribution in [3.63, 3.8) is 0 Å². The Bertz CT molecular complexity index is 674. The molecule has 0 unspecified atom stereocenters. The van der Waals surface area contributed by atoms with Crippen LogP contribution in [-0.2, 0) is 6.18 Å². The Balaban J connectivity index is 2.43. The van der Waals surface area contributed by atoms with Crippen molar-refractivity contribution in [2.45, 2.75) is 6.18 Å². The number of halogens is 4. The molecule has 0 saturated carbocycles. The van der Waals surface area contributed by atoms with Gasteiger partial charge in [0.05, 0.1) is 4.92 Å². The van der Waals surface area contributed by atoms with E-state index in [0.29, 0.717) is 12.3 Å². The molecule has 2 rings (SSSR count). The zero-order valence-electron chi connectivity index (χ0n) is 10.1. The second-order valence-electron chi connectivity index (χ2n) is 3.85. The summed E-state index contributed by atoms with van der Waals surface area (Å²) < 4.78 is 43.7. The average molecular weight is 363 g/mol. The summed E-state index contributed by atoms with van der Waals surface area (Å²) in [6.45, 7) is 0. The molecule has 0 spiro atoms. The number of aromatic nitrogens is 1. The molecule has 0 aliphatic heterocycles. The molecule has 1 aromatic heterocycles. The summed E-state index contributed by atoms with van der Waals surface area (Å²) in [6, 6.07) is 6.60. The van der Waals surface area contributed by atoms with Crippen LogP contribution in [0.5, 0.6) is 11.5 Å². The van der Waals surface area contributed by atoms with Crippen molar-refractivity contribution in [1.29, 1.82) is 0 Å². The van der Waals surface area contributed by atoms with Crippen LogP contribution < -0.4 is 4.74 Å². The van der Waals surface area contributed by atoms with Gasteiger partial charge in [0.2, 0.25) is 5.75 Å². The third-order valence-electron chi connectivity index (χ3n) is 2.37. The first-order chi connectivity index (χ1) is 9.77. The molecule has 110 valence electrons. The van der Waals surface area contributed by atoms with Gasteiger partial charge in [0.25, 0.3) is 0 Å². The standard InChI is InChI=1S/C12H6BrF3N2O3/c13-7-1-3-8(4-2-7)21-10-5-11(12(14,15)16)17-6-9(10)18(19)20/h1-6H. The number of hydrogen-bond donors (Lipinski definition) is 0. The number of benzene rings is 1. The highest BCUT2D eigenvalue weighted by Crippen LogP contribution is 2.36. The van der Waals surface area contributed by atoms with Gasteiger partial charge in [-0.2, -0.15) is 13.2 Å². The highest BCUT2D eigenvalue weighted by atomic mass is 79.9. The highest BCUT2D eigenvalue weighted by molar-refractivity contribution is 9.10. The monoisotopic (exact) mass is 362 g/mol. The second kappa shape index (κ2) is 5.68. The molecular weight excluding hydrogens is 357 g/mol. The molecule has 0 atom stereocenters. The number of nitro groups is 1. The smallest absolute Gasteiger partial charge is 0.433 e. The van der Waals surface area contributed by atoms with Crippen molar-refractivity contribution in [2.24, 2.45) is 0 Å². The maximum Gasteiger partial charge on any atom is 0.433 e. The molecule has 0 saturated heterocycles. The lowest BCUT2D eigenvalue weighted by molar-refractivity contribution is -0.386. The van der Waals surface area contributed by atoms with Crippen molar-refractivity contribution in [1.82, 2.24) is 4.98 Å². The minimum Gasteiger partial charge on any atom is -0.450 e. The van der Waals surface area contributed by atoms with E-state index in [0.717, 1.165) is 4.47 Å². The first-order valence-corrected chi connectivity index (χ1v) is 6.22. The number of nitrogens with zero attached hydrogens (tertiary/aromatic N) is 2. The van der Waals surface area contributed by atoms with Crippen molar-refractivity contribution < 1.29 is 22.8 Å². The average Bonchev–Trinajstić information content (AvgIpc) is 2.40. The van der Waals surface area contributed by atoms with Crippen LogP contribution in [0, 0.1) is 10.1 Å². The van der Waals surface area contributed by atoms with Crippen LogP contribution in [0.2, 0.25) is 0 Å². The molecule has 1 heterocycles. The van der Waals surface area contributed by atoms with Crippen molar-refractivity contribution in [3.05, 3.63) is 56.8 Å². The van der Waals surface area contributed by atoms with E-state index in [2.05, 4.69) is 20.9 Å². The first-order valence-electron chi connectivity index (χ1n) is 5.42. The SMILES string of the molecule is O=[N+]([O-])c1cnc(C(F)(F)F)cc1Oc1ccc(Br)cc1. The van der Waals surface area contributed by atoms with Crippen LogP contribution in [0.3, 0.4) is 0 Å². The van der Waals surface area contributed by atoms with Gasteiger partial charge in [-0.3, -0.25) is 10.1 Å². The summed E-state index contributed by atoms with van der Waals surface area (Å²) in [6.07, 6.45) is -4.19. The number of ether oxygens (including phenoxy) is 1. The minimum absolute atomic E-state index is 0.167. The van der Waals surface area contributed by atoms with E-state index in [9.17, 15) is 23.3 Å². The Morgan fingerprint density at radius 1 is 1.24 bits per heavy atom. The Kier molecular flexibility index (Phi) is 4.12. The Morgan fingerprint density at radius 2 is 1.86 bits per heavy atom. The zero-order valence-corrected chi connectivity index (χ0v) is 11.7. The fourth-order valence-corrected chi connectivity index (χ4v) is 1.70. The number of alkyl halides is 3. The van der Waals surface area contributed by atoms with E-state index in [-0.39, 0.29) is 5.75 Å². The highest BCUT2D eigenvalue weighted by Gasteiger charge is 2.34. The summed E-state index contributed by atoms with van der Waals surface area (Å²) in [4.78, 5) is 13.0. The normalized spacial score (nSPS) is 11.2. The lowest BCUT2D eigenvalue weighted by Gasteiger charge is -2.09. The topological polar surface area (TPSA) is 65.3 Å². The number of pyridine rings is 1. The molecule has 0 aliphatic carbocycles. The van der Waals surface area contributed by atoms with E-state index >= 15 is 0 Å². The molecule has 5 nitrogen and oxygen atoms in total. The van der Waals surface area contributed by atoms with Crippen LogP contribution in [0.25, 0.3) is 0 Å². The Morgan fingerprint density at radius 3 is 2.38 bits per heavy atom. The third kappa shape index (κ3) is 3.69. The van der Waals surface area contributed by atoms with Gasteiger partial charge in [0, 0.05) is 10.5 Å². The van der Waals surface area contributed by atoms with E-state index < -0.39 is 28.2 Å². The van der Waals surface area contributed by atoms with Crippen molar-refractivity contribution >= 4 is 21.6 Å². The molecule has 0 radical (unpaired) electrons. The maximum absolute atomic E-state index is 12.6. The van der Waals surface area contributed by atoms with Gasteiger partial charge < -0.3 is 4.74 Å². The fourth-order valence-electron chi connectivity index (χ4n) is 1.43. The van der Waals surface area contributed by atoms with Crippen LogP contribution in [0.4, 0.5) is 18.9 Å². The van der Waals surface area contributed by atoms with Gasteiger partial charge in [-0.05, 0) is 24.3 Å². The van der Waals surface area contributed by atoms with Crippen LogP contribution in [-0.4, -0.2) is 9.91 Å². The van der Waals surface area contributed by atoms with Crippen LogP contribution in [0.15, 0.2) is 41.0 Å². The van der Waals surface area contributed by atoms with E-state index in [4.69, 9.17) is 4.74 Å². The molecule has 2 aromatic rings. The first kappa shape index (κ1) is 15.2. The van der Waals surface area contributed by atoms with Gasteiger partial charge in [-0.1, -0.05) is 15.9 Å².